The molecule has 10 heteroatoms. The minimum Gasteiger partial charge on any atom is -0.657 e. The maximum absolute atomic E-state index is 6.32. The molecule has 11 rings (SSSR count). The predicted molar refractivity (Wildman–Crippen MR) is 342 cm³/mol. The molecule has 2 aliphatic rings. The minimum absolute atomic E-state index is 0. The summed E-state index contributed by atoms with van der Waals surface area (Å²) in [5, 5.41) is 0. The summed E-state index contributed by atoms with van der Waals surface area (Å²) in [6.07, 6.45) is 17.8. The molecule has 5 heterocycles. The van der Waals surface area contributed by atoms with Gasteiger partial charge < -0.3 is 29.2 Å². The molecule has 82 heavy (non-hydrogen) atoms. The van der Waals surface area contributed by atoms with Crippen molar-refractivity contribution < 1.29 is 29.0 Å². The third-order valence-corrected chi connectivity index (χ3v) is 16.3. The van der Waals surface area contributed by atoms with Crippen LogP contribution in [0.5, 0.6) is 11.5 Å². The van der Waals surface area contributed by atoms with Crippen LogP contribution in [0.2, 0.25) is 0 Å². The Morgan fingerprint density at radius 2 is 0.854 bits per heavy atom. The van der Waals surface area contributed by atoms with Crippen molar-refractivity contribution in [3.8, 4) is 33.8 Å². The summed E-state index contributed by atoms with van der Waals surface area (Å²) in [4.78, 5) is 25.6. The summed E-state index contributed by atoms with van der Waals surface area (Å²) < 4.78 is 13.4. The zero-order chi connectivity index (χ0) is 55.5. The molecule has 2 unspecified atom stereocenters. The summed E-state index contributed by atoms with van der Waals surface area (Å²) >= 11 is 3.96. The van der Waals surface area contributed by atoms with Gasteiger partial charge in [-0.25, -0.2) is 9.97 Å². The van der Waals surface area contributed by atoms with Crippen LogP contribution >= 0.6 is 15.9 Å². The van der Waals surface area contributed by atoms with Gasteiger partial charge in [0.1, 0.15) is 11.5 Å². The van der Waals surface area contributed by atoms with E-state index in [1.165, 1.54) is 38.5 Å². The van der Waals surface area contributed by atoms with Crippen LogP contribution in [0.4, 0.5) is 34.1 Å². The molecule has 0 saturated carbocycles. The van der Waals surface area contributed by atoms with E-state index in [1.54, 1.807) is 0 Å². The van der Waals surface area contributed by atoms with E-state index >= 15 is 0 Å². The fourth-order valence-electron chi connectivity index (χ4n) is 10.8. The third-order valence-electron chi connectivity index (χ3n) is 15.5. The Morgan fingerprint density at radius 3 is 1.34 bits per heavy atom. The molecule has 3 aromatic heterocycles. The number of unbranched alkanes of at least 4 members (excludes halogenated alkanes) is 2. The second kappa shape index (κ2) is 27.3. The molecule has 6 aromatic carbocycles. The largest absolute Gasteiger partial charge is 2.00 e. The molecule has 408 valence electrons. The molecule has 8 bridgehead atoms. The van der Waals surface area contributed by atoms with Crippen molar-refractivity contribution in [2.45, 2.75) is 79.1 Å². The van der Waals surface area contributed by atoms with Gasteiger partial charge in [-0.15, -0.1) is 22.1 Å². The van der Waals surface area contributed by atoms with Crippen molar-refractivity contribution in [3.05, 3.63) is 215 Å². The fourth-order valence-corrected chi connectivity index (χ4v) is 11.2. The zero-order valence-electron chi connectivity index (χ0n) is 47.5. The number of para-hydroxylation sites is 2. The average molecular weight is 1200 g/mol. The number of rotatable bonds is 22. The first kappa shape index (κ1) is 57.5. The summed E-state index contributed by atoms with van der Waals surface area (Å²) in [5.74, 6) is 2.91. The van der Waals surface area contributed by atoms with E-state index in [4.69, 9.17) is 29.4 Å². The van der Waals surface area contributed by atoms with Gasteiger partial charge in [-0.05, 0) is 184 Å². The standard InChI is InChI=1S/C72H69BrN6O2.Zn/c1-5-9-17-50(7-3)48-80-62-37-33-60(34-38-62)78(56-19-13-11-14-20-56)58-29-23-52(24-30-58)70-64-41-27-54(74-64)47-55-28-42-65(75-55)71(67-44-46-69(77-67)72(73)68-45-43-66(70)76-68)53-25-31-59(32-26-53)79(57-21-15-12-16-22-57)61-35-39-63(40-36-61)81-49-51(8-4)18-10-6-2;/h11-16,19-47,50-51H,5-10,17-18,48-49H2,1-4H3;/q-2;+2. The van der Waals surface area contributed by atoms with Gasteiger partial charge in [-0.1, -0.05) is 157 Å². The first-order valence-corrected chi connectivity index (χ1v) is 29.7. The Kier molecular flexibility index (Phi) is 19.1. The Hall–Kier alpha value is -7.78. The quantitative estimate of drug-likeness (QED) is 0.0621. The van der Waals surface area contributed by atoms with E-state index in [1.807, 2.05) is 6.07 Å². The number of nitrogens with zero attached hydrogens (tertiary/aromatic N) is 6. The first-order chi connectivity index (χ1) is 39.9. The Morgan fingerprint density at radius 1 is 0.439 bits per heavy atom. The number of aromatic nitrogens is 4. The number of hydrogen-bond acceptors (Lipinski definition) is 6. The number of benzene rings is 6. The predicted octanol–water partition coefficient (Wildman–Crippen LogP) is 20.1. The van der Waals surface area contributed by atoms with Crippen LogP contribution in [0.1, 0.15) is 102 Å². The van der Waals surface area contributed by atoms with Crippen molar-refractivity contribution in [1.29, 1.82) is 0 Å². The van der Waals surface area contributed by atoms with Crippen LogP contribution in [0, 0.1) is 11.8 Å². The summed E-state index contributed by atoms with van der Waals surface area (Å²) in [6, 6.07) is 65.7. The second-order valence-corrected chi connectivity index (χ2v) is 21.8. The summed E-state index contributed by atoms with van der Waals surface area (Å²) in [7, 11) is 0. The maximum Gasteiger partial charge on any atom is 2.00 e. The van der Waals surface area contributed by atoms with E-state index in [0.29, 0.717) is 11.8 Å². The molecule has 0 radical (unpaired) electrons. The summed E-state index contributed by atoms with van der Waals surface area (Å²) in [5.41, 5.74) is 16.5. The SMILES string of the molecule is CCCCC(CC)COc1ccc(N(c2ccccc2)c2ccc(-c3c4nc(c(Br)c5ccc([n-]5)c(-c5ccc(N(c6ccccc6)c6ccc(OCC(CC)CCCC)cc6)cc5)c5nc(cc6ccc3[n-]6)C=C5)C=C4)cc2)cc1.[Zn+2]. The molecular weight excluding hydrogens is 1130 g/mol. The van der Waals surface area contributed by atoms with E-state index in [-0.39, 0.29) is 19.5 Å². The van der Waals surface area contributed by atoms with Crippen LogP contribution in [0.3, 0.4) is 0 Å². The van der Waals surface area contributed by atoms with Crippen LogP contribution in [-0.4, -0.2) is 23.2 Å². The van der Waals surface area contributed by atoms with Crippen molar-refractivity contribution in [2.75, 3.05) is 23.0 Å². The summed E-state index contributed by atoms with van der Waals surface area (Å²) in [6.45, 7) is 10.5. The topological polar surface area (TPSA) is 78.9 Å². The van der Waals surface area contributed by atoms with E-state index in [0.717, 1.165) is 143 Å². The molecule has 0 fully saturated rings. The number of fused-ring (bicyclic) bond motifs is 8. The van der Waals surface area contributed by atoms with Crippen LogP contribution in [0.25, 0.3) is 68.6 Å². The molecule has 0 amide bonds. The normalized spacial score (nSPS) is 12.4. The van der Waals surface area contributed by atoms with Crippen molar-refractivity contribution in [3.63, 3.8) is 0 Å². The van der Waals surface area contributed by atoms with E-state index < -0.39 is 0 Å². The van der Waals surface area contributed by atoms with E-state index in [9.17, 15) is 0 Å². The number of anilines is 6. The fraction of sp³-hybridized carbons (Fsp3) is 0.222. The Labute approximate surface area is 504 Å². The average Bonchev–Trinajstić information content (AvgIpc) is 4.53. The molecule has 0 aliphatic carbocycles. The van der Waals surface area contributed by atoms with Gasteiger partial charge >= 0.3 is 19.5 Å². The molecule has 2 aliphatic heterocycles. The maximum atomic E-state index is 6.32. The number of hydrogen-bond donors (Lipinski definition) is 0. The zero-order valence-corrected chi connectivity index (χ0v) is 52.1. The van der Waals surface area contributed by atoms with Gasteiger partial charge in [0.15, 0.2) is 0 Å². The first-order valence-electron chi connectivity index (χ1n) is 28.9. The minimum atomic E-state index is 0. The van der Waals surface area contributed by atoms with Gasteiger partial charge in [0.05, 0.1) is 36.0 Å². The van der Waals surface area contributed by atoms with Crippen LogP contribution in [-0.2, 0) is 19.5 Å². The van der Waals surface area contributed by atoms with Gasteiger partial charge in [0, 0.05) is 38.6 Å². The molecule has 0 saturated heterocycles. The number of ether oxygens (including phenoxy) is 2. The monoisotopic (exact) mass is 1190 g/mol. The third kappa shape index (κ3) is 13.3. The van der Waals surface area contributed by atoms with Crippen LogP contribution in [0.15, 0.2) is 193 Å². The van der Waals surface area contributed by atoms with Crippen molar-refractivity contribution >= 4 is 96.4 Å². The second-order valence-electron chi connectivity index (χ2n) is 21.0. The van der Waals surface area contributed by atoms with Crippen molar-refractivity contribution in [1.82, 2.24) is 19.9 Å². The molecule has 9 aromatic rings. The van der Waals surface area contributed by atoms with Crippen molar-refractivity contribution in [2.24, 2.45) is 11.8 Å². The van der Waals surface area contributed by atoms with Crippen LogP contribution < -0.4 is 29.2 Å². The van der Waals surface area contributed by atoms with Gasteiger partial charge in [0.25, 0.3) is 0 Å². The molecule has 0 N–H and O–H groups in total. The van der Waals surface area contributed by atoms with Gasteiger partial charge in [-0.2, -0.15) is 0 Å². The van der Waals surface area contributed by atoms with Gasteiger partial charge in [-0.3, -0.25) is 0 Å². The Bertz CT molecular complexity index is 3640. The molecule has 0 spiro atoms. The smallest absolute Gasteiger partial charge is 0.657 e. The Balaban J connectivity index is 0.00000753. The number of halogens is 1. The van der Waals surface area contributed by atoms with E-state index in [2.05, 4.69) is 260 Å². The molecule has 8 nitrogen and oxygen atoms in total. The van der Waals surface area contributed by atoms with Gasteiger partial charge in [0.2, 0.25) is 0 Å². The molecular formula is C72H69BrN6O2Zn. The molecule has 2 atom stereocenters.